The fraction of sp³-hybridized carbons (Fsp3) is 0.667. The van der Waals surface area contributed by atoms with Crippen LogP contribution in [0.1, 0.15) is 27.2 Å². The smallest absolute Gasteiger partial charge is 0.191 e. The van der Waals surface area contributed by atoms with Crippen molar-refractivity contribution >= 4 is 23.4 Å². The maximum absolute atomic E-state index is 5.44. The highest BCUT2D eigenvalue weighted by Crippen LogP contribution is 2.21. The summed E-state index contributed by atoms with van der Waals surface area (Å²) in [5.41, 5.74) is 2.60. The predicted octanol–water partition coefficient (Wildman–Crippen LogP) is 2.36. The Bertz CT molecular complexity index is 349. The molecule has 102 valence electrons. The molecule has 1 aromatic heterocycles. The predicted molar refractivity (Wildman–Crippen MR) is 79.0 cm³/mol. The molecule has 18 heavy (non-hydrogen) atoms. The molecule has 1 heterocycles. The van der Waals surface area contributed by atoms with Crippen LogP contribution >= 0.6 is 11.8 Å². The first kappa shape index (κ1) is 15.0. The van der Waals surface area contributed by atoms with Gasteiger partial charge in [0, 0.05) is 19.2 Å². The summed E-state index contributed by atoms with van der Waals surface area (Å²) in [5, 5.41) is 0.739. The summed E-state index contributed by atoms with van der Waals surface area (Å²) in [5.74, 6) is 7.68. The van der Waals surface area contributed by atoms with E-state index in [1.165, 1.54) is 18.2 Å². The molecule has 1 unspecified atom stereocenters. The SMILES string of the molecule is CCC(C)CN(CC)c1cc(NN)nc(SC)n1. The van der Waals surface area contributed by atoms with Crippen molar-refractivity contribution in [1.29, 1.82) is 0 Å². The highest BCUT2D eigenvalue weighted by molar-refractivity contribution is 7.98. The van der Waals surface area contributed by atoms with Gasteiger partial charge in [0.15, 0.2) is 5.16 Å². The third kappa shape index (κ3) is 4.03. The van der Waals surface area contributed by atoms with Gasteiger partial charge < -0.3 is 10.3 Å². The van der Waals surface area contributed by atoms with Gasteiger partial charge in [0.25, 0.3) is 0 Å². The average molecular weight is 269 g/mol. The van der Waals surface area contributed by atoms with Gasteiger partial charge in [0.05, 0.1) is 0 Å². The zero-order valence-electron chi connectivity index (χ0n) is 11.6. The Morgan fingerprint density at radius 1 is 1.44 bits per heavy atom. The normalized spacial score (nSPS) is 12.3. The molecule has 0 saturated carbocycles. The molecule has 0 aliphatic carbocycles. The zero-order valence-corrected chi connectivity index (χ0v) is 12.4. The summed E-state index contributed by atoms with van der Waals surface area (Å²) in [7, 11) is 0. The van der Waals surface area contributed by atoms with E-state index in [-0.39, 0.29) is 0 Å². The minimum Gasteiger partial charge on any atom is -0.356 e. The molecule has 0 aliphatic rings. The van der Waals surface area contributed by atoms with E-state index >= 15 is 0 Å². The molecule has 1 atom stereocenters. The van der Waals surface area contributed by atoms with E-state index in [1.54, 1.807) is 0 Å². The number of nitrogens with one attached hydrogen (secondary N) is 1. The fourth-order valence-corrected chi connectivity index (χ4v) is 2.00. The molecule has 0 spiro atoms. The van der Waals surface area contributed by atoms with E-state index in [2.05, 4.69) is 41.1 Å². The van der Waals surface area contributed by atoms with Crippen LogP contribution < -0.4 is 16.2 Å². The lowest BCUT2D eigenvalue weighted by Gasteiger charge is -2.25. The van der Waals surface area contributed by atoms with Gasteiger partial charge in [-0.3, -0.25) is 0 Å². The van der Waals surface area contributed by atoms with Crippen molar-refractivity contribution in [2.75, 3.05) is 29.7 Å². The van der Waals surface area contributed by atoms with Crippen molar-refractivity contribution < 1.29 is 0 Å². The van der Waals surface area contributed by atoms with E-state index in [1.807, 2.05) is 12.3 Å². The monoisotopic (exact) mass is 269 g/mol. The number of rotatable bonds is 7. The van der Waals surface area contributed by atoms with Gasteiger partial charge in [-0.2, -0.15) is 0 Å². The van der Waals surface area contributed by atoms with E-state index in [4.69, 9.17) is 5.84 Å². The molecule has 0 bridgehead atoms. The number of anilines is 2. The fourth-order valence-electron chi connectivity index (χ4n) is 1.63. The molecule has 6 heteroatoms. The first-order chi connectivity index (χ1) is 8.64. The molecular weight excluding hydrogens is 246 g/mol. The van der Waals surface area contributed by atoms with Gasteiger partial charge in [-0.1, -0.05) is 32.0 Å². The Morgan fingerprint density at radius 2 is 2.17 bits per heavy atom. The Morgan fingerprint density at radius 3 is 2.67 bits per heavy atom. The molecule has 0 amide bonds. The lowest BCUT2D eigenvalue weighted by atomic mass is 10.1. The zero-order chi connectivity index (χ0) is 13.5. The van der Waals surface area contributed by atoms with Crippen molar-refractivity contribution in [2.24, 2.45) is 11.8 Å². The van der Waals surface area contributed by atoms with Gasteiger partial charge in [0.1, 0.15) is 11.6 Å². The second-order valence-corrected chi connectivity index (χ2v) is 5.07. The van der Waals surface area contributed by atoms with Gasteiger partial charge in [-0.25, -0.2) is 15.8 Å². The summed E-state index contributed by atoms with van der Waals surface area (Å²) < 4.78 is 0. The molecule has 0 saturated heterocycles. The number of aromatic nitrogens is 2. The standard InChI is InChI=1S/C12H23N5S/c1-5-9(3)8-17(6-2)11-7-10(16-13)14-12(15-11)18-4/h7,9H,5-6,8,13H2,1-4H3,(H,14,15,16). The van der Waals surface area contributed by atoms with Crippen LogP contribution in [-0.2, 0) is 0 Å². The lowest BCUT2D eigenvalue weighted by Crippen LogP contribution is -2.29. The first-order valence-corrected chi connectivity index (χ1v) is 7.51. The number of nitrogens with two attached hydrogens (primary N) is 1. The summed E-state index contributed by atoms with van der Waals surface area (Å²) in [6, 6.07) is 1.89. The lowest BCUT2D eigenvalue weighted by molar-refractivity contribution is 0.544. The number of hydrogen-bond acceptors (Lipinski definition) is 6. The first-order valence-electron chi connectivity index (χ1n) is 6.29. The molecular formula is C12H23N5S. The molecule has 5 nitrogen and oxygen atoms in total. The number of hydrogen-bond donors (Lipinski definition) is 2. The van der Waals surface area contributed by atoms with Crippen LogP contribution in [0, 0.1) is 5.92 Å². The Hall–Kier alpha value is -1.01. The number of nitrogen functional groups attached to an aromatic ring is 1. The second-order valence-electron chi connectivity index (χ2n) is 4.29. The largest absolute Gasteiger partial charge is 0.356 e. The average Bonchev–Trinajstić information content (AvgIpc) is 2.43. The minimum absolute atomic E-state index is 0.645. The maximum Gasteiger partial charge on any atom is 0.191 e. The van der Waals surface area contributed by atoms with Crippen molar-refractivity contribution in [1.82, 2.24) is 9.97 Å². The van der Waals surface area contributed by atoms with Crippen LogP contribution in [0.5, 0.6) is 0 Å². The summed E-state index contributed by atoms with van der Waals surface area (Å²) in [4.78, 5) is 11.1. The molecule has 0 fully saturated rings. The van der Waals surface area contributed by atoms with Gasteiger partial charge in [-0.15, -0.1) is 0 Å². The Kier molecular flexibility index (Phi) is 6.21. The van der Waals surface area contributed by atoms with E-state index in [9.17, 15) is 0 Å². The summed E-state index contributed by atoms with van der Waals surface area (Å²) >= 11 is 1.52. The van der Waals surface area contributed by atoms with Crippen molar-refractivity contribution in [3.8, 4) is 0 Å². The second kappa shape index (κ2) is 7.43. The van der Waals surface area contributed by atoms with Gasteiger partial charge in [-0.05, 0) is 19.1 Å². The van der Waals surface area contributed by atoms with Crippen molar-refractivity contribution in [3.05, 3.63) is 6.07 Å². The Balaban J connectivity index is 2.96. The van der Waals surface area contributed by atoms with Crippen LogP contribution in [-0.4, -0.2) is 29.3 Å². The number of hydrazine groups is 1. The quantitative estimate of drug-likeness (QED) is 0.343. The van der Waals surface area contributed by atoms with Crippen LogP contribution in [0.4, 0.5) is 11.6 Å². The summed E-state index contributed by atoms with van der Waals surface area (Å²) in [6.45, 7) is 8.53. The molecule has 1 aromatic rings. The molecule has 0 aliphatic heterocycles. The van der Waals surface area contributed by atoms with Crippen LogP contribution in [0.3, 0.4) is 0 Å². The van der Waals surface area contributed by atoms with Crippen LogP contribution in [0.2, 0.25) is 0 Å². The van der Waals surface area contributed by atoms with Crippen LogP contribution in [0.25, 0.3) is 0 Å². The molecule has 0 radical (unpaired) electrons. The van der Waals surface area contributed by atoms with Gasteiger partial charge >= 0.3 is 0 Å². The van der Waals surface area contributed by atoms with Crippen molar-refractivity contribution in [3.63, 3.8) is 0 Å². The third-order valence-corrected chi connectivity index (χ3v) is 3.50. The molecule has 0 aromatic carbocycles. The number of thioether (sulfide) groups is 1. The third-order valence-electron chi connectivity index (χ3n) is 2.96. The van der Waals surface area contributed by atoms with E-state index < -0.39 is 0 Å². The Labute approximate surface area is 114 Å². The van der Waals surface area contributed by atoms with E-state index in [0.717, 1.165) is 24.1 Å². The van der Waals surface area contributed by atoms with Gasteiger partial charge in [0.2, 0.25) is 0 Å². The highest BCUT2D eigenvalue weighted by Gasteiger charge is 2.12. The molecule has 1 rings (SSSR count). The number of nitrogens with zero attached hydrogens (tertiary/aromatic N) is 3. The maximum atomic E-state index is 5.44. The minimum atomic E-state index is 0.645. The highest BCUT2D eigenvalue weighted by atomic mass is 32.2. The molecule has 3 N–H and O–H groups in total. The van der Waals surface area contributed by atoms with Crippen molar-refractivity contribution in [2.45, 2.75) is 32.3 Å². The topological polar surface area (TPSA) is 67.1 Å². The van der Waals surface area contributed by atoms with Crippen LogP contribution in [0.15, 0.2) is 11.2 Å². The summed E-state index contributed by atoms with van der Waals surface area (Å²) in [6.07, 6.45) is 3.13. The van der Waals surface area contributed by atoms with E-state index in [0.29, 0.717) is 11.7 Å².